The predicted molar refractivity (Wildman–Crippen MR) is 81.1 cm³/mol. The van der Waals surface area contributed by atoms with Gasteiger partial charge in [0.05, 0.1) is 10.2 Å². The van der Waals surface area contributed by atoms with E-state index in [4.69, 9.17) is 10.7 Å². The van der Waals surface area contributed by atoms with Crippen LogP contribution in [0.5, 0.6) is 0 Å². The van der Waals surface area contributed by atoms with Crippen LogP contribution in [0.25, 0.3) is 10.2 Å². The first kappa shape index (κ1) is 12.6. The minimum atomic E-state index is 0.0639. The van der Waals surface area contributed by atoms with Gasteiger partial charge in [-0.2, -0.15) is 0 Å². The Balaban J connectivity index is 2.07. The van der Waals surface area contributed by atoms with Crippen LogP contribution >= 0.6 is 27.3 Å². The van der Waals surface area contributed by atoms with E-state index in [2.05, 4.69) is 41.1 Å². The van der Waals surface area contributed by atoms with Crippen LogP contribution in [-0.2, 0) is 5.41 Å². The van der Waals surface area contributed by atoms with E-state index < -0.39 is 0 Å². The minimum absolute atomic E-state index is 0.0639. The van der Waals surface area contributed by atoms with E-state index in [1.54, 1.807) is 11.3 Å². The van der Waals surface area contributed by atoms with Gasteiger partial charge in [-0.15, -0.1) is 11.3 Å². The van der Waals surface area contributed by atoms with Crippen molar-refractivity contribution in [3.05, 3.63) is 27.7 Å². The summed E-state index contributed by atoms with van der Waals surface area (Å²) in [6.07, 6.45) is 4.81. The van der Waals surface area contributed by atoms with Crippen molar-refractivity contribution in [1.29, 1.82) is 0 Å². The Labute approximate surface area is 120 Å². The Morgan fingerprint density at radius 3 is 3.06 bits per heavy atom. The number of nitrogens with zero attached hydrogens (tertiary/aromatic N) is 1. The molecule has 4 heteroatoms. The second-order valence-electron chi connectivity index (χ2n) is 5.40. The Bertz CT molecular complexity index is 580. The molecule has 0 saturated heterocycles. The molecule has 1 aliphatic carbocycles. The molecule has 1 aliphatic rings. The molecule has 18 heavy (non-hydrogen) atoms. The van der Waals surface area contributed by atoms with Gasteiger partial charge in [0.1, 0.15) is 5.01 Å². The number of aromatic nitrogens is 1. The number of halogens is 1. The molecule has 1 fully saturated rings. The lowest BCUT2D eigenvalue weighted by atomic mass is 9.72. The van der Waals surface area contributed by atoms with Gasteiger partial charge in [-0.3, -0.25) is 0 Å². The molecular weight excluding hydrogens is 308 g/mol. The van der Waals surface area contributed by atoms with Crippen LogP contribution in [0.15, 0.2) is 22.7 Å². The lowest BCUT2D eigenvalue weighted by Gasteiger charge is -2.37. The predicted octanol–water partition coefficient (Wildman–Crippen LogP) is 4.22. The van der Waals surface area contributed by atoms with Crippen LogP contribution in [0.3, 0.4) is 0 Å². The van der Waals surface area contributed by atoms with Gasteiger partial charge >= 0.3 is 0 Å². The fourth-order valence-corrected chi connectivity index (χ4v) is 4.52. The maximum Gasteiger partial charge on any atom is 0.101 e. The first-order valence-electron chi connectivity index (χ1n) is 6.42. The van der Waals surface area contributed by atoms with Gasteiger partial charge in [-0.05, 0) is 31.0 Å². The van der Waals surface area contributed by atoms with Crippen molar-refractivity contribution >= 4 is 37.5 Å². The maximum absolute atomic E-state index is 6.35. The third kappa shape index (κ3) is 2.00. The minimum Gasteiger partial charge on any atom is -0.327 e. The molecule has 0 bridgehead atoms. The van der Waals surface area contributed by atoms with Crippen molar-refractivity contribution in [3.63, 3.8) is 0 Å². The largest absolute Gasteiger partial charge is 0.327 e. The number of fused-ring (bicyclic) bond motifs is 1. The molecule has 1 heterocycles. The lowest BCUT2D eigenvalue weighted by Crippen LogP contribution is -2.45. The molecule has 0 aliphatic heterocycles. The number of benzene rings is 1. The zero-order valence-electron chi connectivity index (χ0n) is 10.4. The summed E-state index contributed by atoms with van der Waals surface area (Å²) >= 11 is 5.32. The van der Waals surface area contributed by atoms with Crippen molar-refractivity contribution in [2.45, 2.75) is 44.1 Å². The molecule has 1 saturated carbocycles. The van der Waals surface area contributed by atoms with Gasteiger partial charge < -0.3 is 5.73 Å². The second kappa shape index (κ2) is 4.58. The van der Waals surface area contributed by atoms with E-state index >= 15 is 0 Å². The number of thiazole rings is 1. The van der Waals surface area contributed by atoms with E-state index in [9.17, 15) is 0 Å². The Kier molecular flexibility index (Phi) is 3.20. The summed E-state index contributed by atoms with van der Waals surface area (Å²) in [4.78, 5) is 4.82. The standard InChI is InChI=1S/C14H17BrN2S/c1-14(7-3-2-4-12(14)16)13-17-10-6-5-9(15)8-11(10)18-13/h5-6,8,12H,2-4,7,16H2,1H3. The van der Waals surface area contributed by atoms with Gasteiger partial charge in [0.25, 0.3) is 0 Å². The fourth-order valence-electron chi connectivity index (χ4n) is 2.77. The van der Waals surface area contributed by atoms with Crippen LogP contribution in [0.1, 0.15) is 37.6 Å². The summed E-state index contributed by atoms with van der Waals surface area (Å²) in [7, 11) is 0. The van der Waals surface area contributed by atoms with Gasteiger partial charge in [0.2, 0.25) is 0 Å². The molecule has 2 N–H and O–H groups in total. The Morgan fingerprint density at radius 1 is 1.44 bits per heavy atom. The number of nitrogens with two attached hydrogens (primary N) is 1. The molecule has 2 atom stereocenters. The first-order chi connectivity index (χ1) is 8.59. The van der Waals surface area contributed by atoms with E-state index in [0.717, 1.165) is 22.8 Å². The molecule has 1 aromatic heterocycles. The normalized spacial score (nSPS) is 28.7. The number of rotatable bonds is 1. The molecule has 3 rings (SSSR count). The topological polar surface area (TPSA) is 38.9 Å². The van der Waals surface area contributed by atoms with Gasteiger partial charge in [-0.1, -0.05) is 35.7 Å². The van der Waals surface area contributed by atoms with E-state index in [-0.39, 0.29) is 11.5 Å². The average Bonchev–Trinajstić information content (AvgIpc) is 2.76. The van der Waals surface area contributed by atoms with Crippen LogP contribution in [0, 0.1) is 0 Å². The molecule has 96 valence electrons. The van der Waals surface area contributed by atoms with Crippen molar-refractivity contribution in [3.8, 4) is 0 Å². The first-order valence-corrected chi connectivity index (χ1v) is 8.03. The highest BCUT2D eigenvalue weighted by Crippen LogP contribution is 2.41. The van der Waals surface area contributed by atoms with E-state index in [0.29, 0.717) is 0 Å². The molecule has 2 nitrogen and oxygen atoms in total. The third-order valence-corrected chi connectivity index (χ3v) is 5.91. The molecular formula is C14H17BrN2S. The molecule has 0 spiro atoms. The summed E-state index contributed by atoms with van der Waals surface area (Å²) < 4.78 is 2.36. The summed E-state index contributed by atoms with van der Waals surface area (Å²) in [6, 6.07) is 6.52. The third-order valence-electron chi connectivity index (χ3n) is 4.12. The summed E-state index contributed by atoms with van der Waals surface area (Å²) in [5.41, 5.74) is 7.51. The summed E-state index contributed by atoms with van der Waals surface area (Å²) in [5.74, 6) is 0. The highest BCUT2D eigenvalue weighted by molar-refractivity contribution is 9.10. The average molecular weight is 325 g/mol. The summed E-state index contributed by atoms with van der Waals surface area (Å²) in [6.45, 7) is 2.28. The smallest absolute Gasteiger partial charge is 0.101 e. The van der Waals surface area contributed by atoms with Crippen LogP contribution in [0.4, 0.5) is 0 Å². The number of hydrogen-bond donors (Lipinski definition) is 1. The molecule has 2 unspecified atom stereocenters. The summed E-state index contributed by atoms with van der Waals surface area (Å²) in [5, 5.41) is 1.21. The van der Waals surface area contributed by atoms with Crippen molar-refractivity contribution < 1.29 is 0 Å². The number of hydrogen-bond acceptors (Lipinski definition) is 3. The monoisotopic (exact) mass is 324 g/mol. The van der Waals surface area contributed by atoms with Gasteiger partial charge in [0, 0.05) is 15.9 Å². The van der Waals surface area contributed by atoms with E-state index in [1.807, 2.05) is 0 Å². The lowest BCUT2D eigenvalue weighted by molar-refractivity contribution is 0.271. The molecule has 2 aromatic rings. The van der Waals surface area contributed by atoms with Crippen LogP contribution in [-0.4, -0.2) is 11.0 Å². The fraction of sp³-hybridized carbons (Fsp3) is 0.500. The molecule has 0 radical (unpaired) electrons. The van der Waals surface area contributed by atoms with Crippen LogP contribution in [0.2, 0.25) is 0 Å². The highest BCUT2D eigenvalue weighted by atomic mass is 79.9. The van der Waals surface area contributed by atoms with Crippen molar-refractivity contribution in [1.82, 2.24) is 4.98 Å². The zero-order chi connectivity index (χ0) is 12.8. The van der Waals surface area contributed by atoms with Gasteiger partial charge in [0.15, 0.2) is 0 Å². The maximum atomic E-state index is 6.35. The van der Waals surface area contributed by atoms with Crippen LogP contribution < -0.4 is 5.73 Å². The van der Waals surface area contributed by atoms with E-state index in [1.165, 1.54) is 22.5 Å². The molecule has 0 amide bonds. The second-order valence-corrected chi connectivity index (χ2v) is 7.35. The van der Waals surface area contributed by atoms with Crippen molar-refractivity contribution in [2.75, 3.05) is 0 Å². The van der Waals surface area contributed by atoms with Gasteiger partial charge in [-0.25, -0.2) is 4.98 Å². The zero-order valence-corrected chi connectivity index (χ0v) is 12.9. The quantitative estimate of drug-likeness (QED) is 0.853. The Morgan fingerprint density at radius 2 is 2.28 bits per heavy atom. The Hall–Kier alpha value is -0.450. The van der Waals surface area contributed by atoms with Crippen molar-refractivity contribution in [2.24, 2.45) is 5.73 Å². The highest BCUT2D eigenvalue weighted by Gasteiger charge is 2.38. The molecule has 1 aromatic carbocycles. The SMILES string of the molecule is CC1(c2nc3ccc(Br)cc3s2)CCCCC1N.